The first-order chi connectivity index (χ1) is 11.6. The SMILES string of the molecule is CC(C)(C)c1noc(CCCC(=O)OCc2nc(C(C)(C)C)no2)n1. The Morgan fingerprint density at radius 1 is 0.920 bits per heavy atom. The maximum Gasteiger partial charge on any atom is 0.306 e. The van der Waals surface area contributed by atoms with Crippen LogP contribution in [0.4, 0.5) is 0 Å². The summed E-state index contributed by atoms with van der Waals surface area (Å²) in [5.74, 6) is 1.75. The summed E-state index contributed by atoms with van der Waals surface area (Å²) in [5, 5.41) is 7.84. The van der Waals surface area contributed by atoms with Crippen molar-refractivity contribution in [3.63, 3.8) is 0 Å². The number of hydrogen-bond donors (Lipinski definition) is 0. The van der Waals surface area contributed by atoms with Crippen molar-refractivity contribution < 1.29 is 18.6 Å². The quantitative estimate of drug-likeness (QED) is 0.732. The zero-order valence-electron chi connectivity index (χ0n) is 15.8. The fourth-order valence-electron chi connectivity index (χ4n) is 1.88. The van der Waals surface area contributed by atoms with Gasteiger partial charge in [0.2, 0.25) is 5.89 Å². The van der Waals surface area contributed by atoms with Gasteiger partial charge in [-0.25, -0.2) is 0 Å². The molecule has 138 valence electrons. The first-order valence-electron chi connectivity index (χ1n) is 8.37. The highest BCUT2D eigenvalue weighted by atomic mass is 16.6. The van der Waals surface area contributed by atoms with Gasteiger partial charge < -0.3 is 13.8 Å². The highest BCUT2D eigenvalue weighted by Crippen LogP contribution is 2.20. The lowest BCUT2D eigenvalue weighted by Crippen LogP contribution is -2.13. The first-order valence-corrected chi connectivity index (χ1v) is 8.37. The Balaban J connectivity index is 1.72. The molecule has 0 aliphatic heterocycles. The number of carbonyl (C=O) groups excluding carboxylic acids is 1. The van der Waals surface area contributed by atoms with E-state index in [2.05, 4.69) is 20.3 Å². The van der Waals surface area contributed by atoms with Crippen LogP contribution in [0.25, 0.3) is 0 Å². The highest BCUT2D eigenvalue weighted by Gasteiger charge is 2.22. The number of hydrogen-bond acceptors (Lipinski definition) is 8. The monoisotopic (exact) mass is 350 g/mol. The Bertz CT molecular complexity index is 707. The minimum atomic E-state index is -0.328. The predicted octanol–water partition coefficient (Wildman–Crippen LogP) is 3.11. The van der Waals surface area contributed by atoms with Crippen molar-refractivity contribution in [2.24, 2.45) is 0 Å². The molecular weight excluding hydrogens is 324 g/mol. The second-order valence-electron chi connectivity index (χ2n) is 8.04. The first kappa shape index (κ1) is 19.1. The molecule has 0 spiro atoms. The van der Waals surface area contributed by atoms with E-state index in [9.17, 15) is 4.79 Å². The van der Waals surface area contributed by atoms with Gasteiger partial charge in [0.05, 0.1) is 0 Å². The molecule has 2 aromatic heterocycles. The molecule has 0 saturated carbocycles. The molecule has 8 heteroatoms. The predicted molar refractivity (Wildman–Crippen MR) is 88.7 cm³/mol. The number of ether oxygens (including phenoxy) is 1. The van der Waals surface area contributed by atoms with Crippen LogP contribution in [0.1, 0.15) is 77.8 Å². The van der Waals surface area contributed by atoms with E-state index in [0.29, 0.717) is 36.3 Å². The second kappa shape index (κ2) is 7.33. The second-order valence-corrected chi connectivity index (χ2v) is 8.04. The van der Waals surface area contributed by atoms with Crippen LogP contribution in [0.3, 0.4) is 0 Å². The smallest absolute Gasteiger partial charge is 0.306 e. The zero-order chi connectivity index (χ0) is 18.7. The van der Waals surface area contributed by atoms with E-state index >= 15 is 0 Å². The average Bonchev–Trinajstić information content (AvgIpc) is 3.13. The number of nitrogens with zero attached hydrogens (tertiary/aromatic N) is 4. The maximum absolute atomic E-state index is 11.8. The van der Waals surface area contributed by atoms with Gasteiger partial charge in [0.25, 0.3) is 5.89 Å². The van der Waals surface area contributed by atoms with Crippen molar-refractivity contribution in [2.75, 3.05) is 0 Å². The van der Waals surface area contributed by atoms with E-state index in [-0.39, 0.29) is 29.8 Å². The standard InChI is InChI=1S/C17H26N4O4/c1-16(2,3)14-18-11(24-20-14)8-7-9-13(22)23-10-12-19-15(21-25-12)17(4,5)6/h7-10H2,1-6H3. The Morgan fingerprint density at radius 2 is 1.44 bits per heavy atom. The topological polar surface area (TPSA) is 104 Å². The molecule has 0 atom stereocenters. The van der Waals surface area contributed by atoms with E-state index in [1.54, 1.807) is 0 Å². The summed E-state index contributed by atoms with van der Waals surface area (Å²) >= 11 is 0. The number of aromatic nitrogens is 4. The maximum atomic E-state index is 11.8. The highest BCUT2D eigenvalue weighted by molar-refractivity contribution is 5.69. The van der Waals surface area contributed by atoms with E-state index in [1.165, 1.54) is 0 Å². The summed E-state index contributed by atoms with van der Waals surface area (Å²) in [6, 6.07) is 0. The molecular formula is C17H26N4O4. The minimum absolute atomic E-state index is 0.0172. The summed E-state index contributed by atoms with van der Waals surface area (Å²) in [4.78, 5) is 20.3. The molecule has 25 heavy (non-hydrogen) atoms. The van der Waals surface area contributed by atoms with Crippen LogP contribution in [0.2, 0.25) is 0 Å². The molecule has 0 fully saturated rings. The van der Waals surface area contributed by atoms with Crippen LogP contribution in [-0.2, 0) is 33.4 Å². The van der Waals surface area contributed by atoms with Crippen molar-refractivity contribution in [3.8, 4) is 0 Å². The Hall–Kier alpha value is -2.25. The van der Waals surface area contributed by atoms with Gasteiger partial charge in [-0.1, -0.05) is 51.9 Å². The lowest BCUT2D eigenvalue weighted by atomic mass is 9.96. The fourth-order valence-corrected chi connectivity index (χ4v) is 1.88. The summed E-state index contributed by atoms with van der Waals surface area (Å²) in [6.45, 7) is 12.0. The van der Waals surface area contributed by atoms with Gasteiger partial charge in [-0.15, -0.1) is 0 Å². The Kier molecular flexibility index (Phi) is 5.59. The van der Waals surface area contributed by atoms with E-state index in [4.69, 9.17) is 13.8 Å². The van der Waals surface area contributed by atoms with Crippen LogP contribution < -0.4 is 0 Å². The molecule has 0 radical (unpaired) electrons. The third-order valence-corrected chi connectivity index (χ3v) is 3.41. The van der Waals surface area contributed by atoms with Crippen LogP contribution in [0.5, 0.6) is 0 Å². The Morgan fingerprint density at radius 3 is 1.96 bits per heavy atom. The lowest BCUT2D eigenvalue weighted by molar-refractivity contribution is -0.145. The molecule has 2 aromatic rings. The molecule has 0 aromatic carbocycles. The molecule has 0 amide bonds. The normalized spacial score (nSPS) is 12.4. The zero-order valence-corrected chi connectivity index (χ0v) is 15.8. The molecule has 2 rings (SSSR count). The molecule has 0 bridgehead atoms. The summed E-state index contributed by atoms with van der Waals surface area (Å²) in [5.41, 5.74) is -0.363. The number of rotatable bonds is 6. The van der Waals surface area contributed by atoms with Crippen LogP contribution in [0.15, 0.2) is 9.05 Å². The van der Waals surface area contributed by atoms with Crippen LogP contribution >= 0.6 is 0 Å². The number of carbonyl (C=O) groups is 1. The molecule has 8 nitrogen and oxygen atoms in total. The summed E-state index contributed by atoms with van der Waals surface area (Å²) < 4.78 is 15.4. The summed E-state index contributed by atoms with van der Waals surface area (Å²) in [6.07, 6.45) is 1.36. The Labute approximate surface area is 147 Å². The van der Waals surface area contributed by atoms with Crippen molar-refractivity contribution in [2.45, 2.75) is 78.2 Å². The van der Waals surface area contributed by atoms with Gasteiger partial charge in [0.15, 0.2) is 18.3 Å². The van der Waals surface area contributed by atoms with Crippen molar-refractivity contribution in [3.05, 3.63) is 23.4 Å². The van der Waals surface area contributed by atoms with Gasteiger partial charge >= 0.3 is 5.97 Å². The van der Waals surface area contributed by atoms with Gasteiger partial charge in [0.1, 0.15) is 0 Å². The largest absolute Gasteiger partial charge is 0.456 e. The fraction of sp³-hybridized carbons (Fsp3) is 0.706. The molecule has 0 aliphatic carbocycles. The lowest BCUT2D eigenvalue weighted by Gasteiger charge is -2.10. The molecule has 0 unspecified atom stereocenters. The molecule has 2 heterocycles. The van der Waals surface area contributed by atoms with Gasteiger partial charge in [-0.3, -0.25) is 4.79 Å². The van der Waals surface area contributed by atoms with Crippen molar-refractivity contribution >= 4 is 5.97 Å². The third-order valence-electron chi connectivity index (χ3n) is 3.41. The summed E-state index contributed by atoms with van der Waals surface area (Å²) in [7, 11) is 0. The van der Waals surface area contributed by atoms with Gasteiger partial charge in [0, 0.05) is 23.7 Å². The average molecular weight is 350 g/mol. The van der Waals surface area contributed by atoms with Crippen LogP contribution in [-0.4, -0.2) is 26.3 Å². The van der Waals surface area contributed by atoms with E-state index in [1.807, 2.05) is 41.5 Å². The van der Waals surface area contributed by atoms with Gasteiger partial charge in [-0.05, 0) is 6.42 Å². The molecule has 0 saturated heterocycles. The number of aryl methyl sites for hydroxylation is 1. The van der Waals surface area contributed by atoms with Gasteiger partial charge in [-0.2, -0.15) is 9.97 Å². The minimum Gasteiger partial charge on any atom is -0.456 e. The van der Waals surface area contributed by atoms with Crippen molar-refractivity contribution in [1.29, 1.82) is 0 Å². The van der Waals surface area contributed by atoms with E-state index in [0.717, 1.165) is 0 Å². The number of esters is 1. The van der Waals surface area contributed by atoms with E-state index < -0.39 is 0 Å². The van der Waals surface area contributed by atoms with Crippen LogP contribution in [0, 0.1) is 0 Å². The molecule has 0 aliphatic rings. The third kappa shape index (κ3) is 5.65. The van der Waals surface area contributed by atoms with Crippen molar-refractivity contribution in [1.82, 2.24) is 20.3 Å². The molecule has 0 N–H and O–H groups in total.